The average molecular weight is 740 g/mol. The highest BCUT2D eigenvalue weighted by molar-refractivity contribution is 5.93. The van der Waals surface area contributed by atoms with Crippen LogP contribution in [-0.4, -0.2) is 66.2 Å². The first-order valence-electron chi connectivity index (χ1n) is 19.0. The number of guanidine groups is 2. The van der Waals surface area contributed by atoms with Gasteiger partial charge in [0.25, 0.3) is 0 Å². The van der Waals surface area contributed by atoms with Crippen LogP contribution < -0.4 is 16.8 Å². The number of carboxylic acid groups (broad SMARTS) is 4. The summed E-state index contributed by atoms with van der Waals surface area (Å²) in [5.74, 6) is -4.54. The highest BCUT2D eigenvalue weighted by Crippen LogP contribution is 2.38. The molecule has 0 saturated carbocycles. The number of aliphatic carboxylic acids is 4. The zero-order chi connectivity index (χ0) is 39.8. The average Bonchev–Trinajstić information content (AvgIpc) is 3.39. The normalized spacial score (nSPS) is 10.7. The van der Waals surface area contributed by atoms with Crippen LogP contribution in [0.25, 0.3) is 0 Å². The van der Waals surface area contributed by atoms with E-state index in [1.165, 1.54) is 96.3 Å². The SMILES string of the molecule is CCCCCCCCC(CCCCCCCC)(CCCCCCCC)C(=O)O.N=C(N)NC(=N)N.O=C(O)Cc1nc(CC(=O)O)c(CC(=O)O)[nH]1. The fraction of sp³-hybridized carbons (Fsp3) is 0.757. The smallest absolute Gasteiger partial charge is 0.311 e. The molecule has 0 atom stereocenters. The molecule has 1 rings (SSSR count). The number of H-pyrrole nitrogens is 1. The van der Waals surface area contributed by atoms with Crippen molar-refractivity contribution < 1.29 is 39.6 Å². The van der Waals surface area contributed by atoms with Crippen LogP contribution in [0.2, 0.25) is 0 Å². The maximum Gasteiger partial charge on any atom is 0.311 e. The van der Waals surface area contributed by atoms with E-state index in [9.17, 15) is 24.3 Å². The lowest BCUT2D eigenvalue weighted by atomic mass is 9.74. The number of carbonyl (C=O) groups is 4. The summed E-state index contributed by atoms with van der Waals surface area (Å²) < 4.78 is 0. The van der Waals surface area contributed by atoms with Gasteiger partial charge in [-0.2, -0.15) is 0 Å². The van der Waals surface area contributed by atoms with Crippen LogP contribution in [0.1, 0.15) is 173 Å². The molecule has 0 fully saturated rings. The van der Waals surface area contributed by atoms with E-state index in [1.807, 2.05) is 5.32 Å². The first-order valence-corrected chi connectivity index (χ1v) is 19.0. The second-order valence-electron chi connectivity index (χ2n) is 13.4. The summed E-state index contributed by atoms with van der Waals surface area (Å²) in [6, 6.07) is 0. The third-order valence-corrected chi connectivity index (χ3v) is 8.63. The van der Waals surface area contributed by atoms with Crippen molar-refractivity contribution in [3.8, 4) is 0 Å². The zero-order valence-corrected chi connectivity index (χ0v) is 32.0. The standard InChI is InChI=1S/C26H52O2.C9H10N2O6.C2H7N5/c1-4-7-10-13-16-19-22-26(25(27)28,23-20-17-14-11-8-5-2)24-21-18-15-12-9-6-3;12-7(13)1-4-5(2-8(14)15)11-6(10-4)3-9(16)17;3-1(4)7-2(5)6/h4-24H2,1-3H3,(H,27,28);1-3H2,(H,10,11)(H,12,13)(H,14,15)(H,16,17);(H7,3,4,5,6,7). The molecule has 300 valence electrons. The predicted molar refractivity (Wildman–Crippen MR) is 204 cm³/mol. The van der Waals surface area contributed by atoms with E-state index in [2.05, 4.69) is 30.7 Å². The van der Waals surface area contributed by atoms with Crippen LogP contribution in [0.3, 0.4) is 0 Å². The fourth-order valence-corrected chi connectivity index (χ4v) is 5.89. The molecule has 0 amide bonds. The molecule has 0 bridgehead atoms. The zero-order valence-electron chi connectivity index (χ0n) is 32.0. The van der Waals surface area contributed by atoms with Gasteiger partial charge in [0, 0.05) is 5.69 Å². The lowest BCUT2D eigenvalue weighted by molar-refractivity contribution is -0.151. The van der Waals surface area contributed by atoms with Crippen LogP contribution >= 0.6 is 0 Å². The van der Waals surface area contributed by atoms with Gasteiger partial charge >= 0.3 is 23.9 Å². The minimum absolute atomic E-state index is 0.0463. The summed E-state index contributed by atoms with van der Waals surface area (Å²) in [7, 11) is 0. The largest absolute Gasteiger partial charge is 0.481 e. The number of nitrogens with one attached hydrogen (secondary N) is 4. The number of aromatic nitrogens is 2. The number of hydrogen-bond acceptors (Lipinski definition) is 7. The number of nitrogens with zero attached hydrogens (tertiary/aromatic N) is 1. The summed E-state index contributed by atoms with van der Waals surface area (Å²) in [6.45, 7) is 6.74. The fourth-order valence-electron chi connectivity index (χ4n) is 5.89. The van der Waals surface area contributed by atoms with Crippen molar-refractivity contribution in [2.24, 2.45) is 16.9 Å². The lowest BCUT2D eigenvalue weighted by Crippen LogP contribution is -2.39. The van der Waals surface area contributed by atoms with Gasteiger partial charge in [0.1, 0.15) is 12.2 Å². The third kappa shape index (κ3) is 28.5. The molecule has 1 aromatic heterocycles. The first kappa shape index (κ1) is 49.9. The molecular formula is C37H69N7O8. The second-order valence-corrected chi connectivity index (χ2v) is 13.4. The molecule has 0 aliphatic rings. The number of hydrogen-bond donors (Lipinski definition) is 10. The molecule has 1 heterocycles. The Morgan fingerprint density at radius 3 is 1.23 bits per heavy atom. The maximum atomic E-state index is 12.3. The molecule has 0 unspecified atom stereocenters. The van der Waals surface area contributed by atoms with Gasteiger partial charge in [-0.25, -0.2) is 4.98 Å². The molecule has 0 aliphatic carbocycles. The van der Waals surface area contributed by atoms with E-state index in [0.29, 0.717) is 0 Å². The molecular weight excluding hydrogens is 670 g/mol. The minimum atomic E-state index is -1.16. The molecule has 1 aromatic rings. The monoisotopic (exact) mass is 740 g/mol. The molecule has 12 N–H and O–H groups in total. The van der Waals surface area contributed by atoms with Crippen LogP contribution in [0.4, 0.5) is 0 Å². The van der Waals surface area contributed by atoms with Crippen molar-refractivity contribution in [1.82, 2.24) is 15.3 Å². The summed E-state index contributed by atoms with van der Waals surface area (Å²) in [6.07, 6.45) is 23.9. The van der Waals surface area contributed by atoms with Gasteiger partial charge < -0.3 is 36.9 Å². The summed E-state index contributed by atoms with van der Waals surface area (Å²) in [5, 5.41) is 50.9. The van der Waals surface area contributed by atoms with Crippen LogP contribution in [-0.2, 0) is 38.4 Å². The maximum absolute atomic E-state index is 12.3. The minimum Gasteiger partial charge on any atom is -0.481 e. The van der Waals surface area contributed by atoms with Crippen LogP contribution in [0.15, 0.2) is 0 Å². The Hall–Kier alpha value is -4.17. The van der Waals surface area contributed by atoms with Gasteiger partial charge in [0.15, 0.2) is 11.9 Å². The lowest BCUT2D eigenvalue weighted by Gasteiger charge is -2.30. The summed E-state index contributed by atoms with van der Waals surface area (Å²) in [5.41, 5.74) is 9.22. The van der Waals surface area contributed by atoms with Gasteiger partial charge in [0.2, 0.25) is 0 Å². The van der Waals surface area contributed by atoms with Gasteiger partial charge in [-0.3, -0.25) is 35.3 Å². The number of imidazole rings is 1. The topological polar surface area (TPSA) is 290 Å². The second kappa shape index (κ2) is 31.6. The Kier molecular flexibility index (Phi) is 30.3. The Bertz CT molecular complexity index is 1090. The molecule has 52 heavy (non-hydrogen) atoms. The Labute approximate surface area is 310 Å². The van der Waals surface area contributed by atoms with E-state index in [-0.39, 0.29) is 29.1 Å². The quantitative estimate of drug-likeness (QED) is 0.0237. The number of nitrogens with two attached hydrogens (primary N) is 2. The molecule has 15 nitrogen and oxygen atoms in total. The van der Waals surface area contributed by atoms with E-state index in [1.54, 1.807) is 0 Å². The Morgan fingerprint density at radius 1 is 0.596 bits per heavy atom. The third-order valence-electron chi connectivity index (χ3n) is 8.63. The van der Waals surface area contributed by atoms with Crippen LogP contribution in [0.5, 0.6) is 0 Å². The highest BCUT2D eigenvalue weighted by atomic mass is 16.4. The van der Waals surface area contributed by atoms with E-state index in [4.69, 9.17) is 37.6 Å². The van der Waals surface area contributed by atoms with Crippen molar-refractivity contribution in [2.45, 2.75) is 175 Å². The molecule has 0 spiro atoms. The highest BCUT2D eigenvalue weighted by Gasteiger charge is 2.36. The van der Waals surface area contributed by atoms with Crippen molar-refractivity contribution in [1.29, 1.82) is 10.8 Å². The Morgan fingerprint density at radius 2 is 0.942 bits per heavy atom. The van der Waals surface area contributed by atoms with Gasteiger partial charge in [-0.15, -0.1) is 0 Å². The molecule has 0 aliphatic heterocycles. The van der Waals surface area contributed by atoms with E-state index in [0.717, 1.165) is 38.5 Å². The van der Waals surface area contributed by atoms with Crippen molar-refractivity contribution in [3.63, 3.8) is 0 Å². The van der Waals surface area contributed by atoms with Crippen molar-refractivity contribution in [2.75, 3.05) is 0 Å². The summed E-state index contributed by atoms with van der Waals surface area (Å²) >= 11 is 0. The van der Waals surface area contributed by atoms with Crippen molar-refractivity contribution >= 4 is 35.8 Å². The number of rotatable bonds is 28. The van der Waals surface area contributed by atoms with Gasteiger partial charge in [-0.1, -0.05) is 136 Å². The van der Waals surface area contributed by atoms with Gasteiger partial charge in [0.05, 0.1) is 24.0 Å². The molecule has 0 radical (unpaired) electrons. The molecule has 0 aromatic carbocycles. The number of unbranched alkanes of at least 4 members (excludes halogenated alkanes) is 15. The summed E-state index contributed by atoms with van der Waals surface area (Å²) in [4.78, 5) is 50.1. The van der Waals surface area contributed by atoms with Gasteiger partial charge in [-0.05, 0) is 19.3 Å². The number of aromatic amines is 1. The predicted octanol–water partition coefficient (Wildman–Crippen LogP) is 6.96. The van der Waals surface area contributed by atoms with E-state index >= 15 is 0 Å². The molecule has 0 saturated heterocycles. The Balaban J connectivity index is 0. The number of carboxylic acids is 4. The molecule has 15 heteroatoms. The first-order chi connectivity index (χ1) is 24.6. The van der Waals surface area contributed by atoms with E-state index < -0.39 is 48.6 Å². The van der Waals surface area contributed by atoms with Crippen molar-refractivity contribution in [3.05, 3.63) is 17.2 Å². The van der Waals surface area contributed by atoms with Crippen LogP contribution in [0, 0.1) is 16.2 Å².